The Morgan fingerprint density at radius 1 is 1.47 bits per heavy atom. The van der Waals surface area contributed by atoms with Crippen molar-refractivity contribution in [3.05, 3.63) is 29.3 Å². The number of carbonyl (C=O) groups excluding carboxylic acids is 1. The summed E-state index contributed by atoms with van der Waals surface area (Å²) >= 11 is 0. The Kier molecular flexibility index (Phi) is 2.73. The summed E-state index contributed by atoms with van der Waals surface area (Å²) in [6.45, 7) is 6.25. The summed E-state index contributed by atoms with van der Waals surface area (Å²) in [6, 6.07) is 5.24. The summed E-state index contributed by atoms with van der Waals surface area (Å²) < 4.78 is 4.98. The van der Waals surface area contributed by atoms with Crippen molar-refractivity contribution in [3.8, 4) is 5.75 Å². The molecule has 1 fully saturated rings. The van der Waals surface area contributed by atoms with Gasteiger partial charge in [-0.2, -0.15) is 0 Å². The van der Waals surface area contributed by atoms with E-state index in [0.717, 1.165) is 11.1 Å². The summed E-state index contributed by atoms with van der Waals surface area (Å²) in [5, 5.41) is 12.7. The lowest BCUT2D eigenvalue weighted by Crippen LogP contribution is -2.46. The van der Waals surface area contributed by atoms with E-state index in [0.29, 0.717) is 6.61 Å². The molecule has 2 rings (SSSR count). The molecule has 92 valence electrons. The fraction of sp³-hybridized carbons (Fsp3) is 0.462. The molecule has 17 heavy (non-hydrogen) atoms. The molecule has 0 aliphatic carbocycles. The maximum absolute atomic E-state index is 11.3. The molecule has 4 nitrogen and oxygen atoms in total. The van der Waals surface area contributed by atoms with Crippen LogP contribution < -0.4 is 5.32 Å². The zero-order chi connectivity index (χ0) is 12.6. The molecule has 1 amide bonds. The number of phenols is 1. The van der Waals surface area contributed by atoms with E-state index in [2.05, 4.69) is 5.32 Å². The number of phenolic OH excluding ortho intramolecular Hbond substituents is 1. The minimum Gasteiger partial charge on any atom is -0.508 e. The van der Waals surface area contributed by atoms with Crippen molar-refractivity contribution in [2.45, 2.75) is 26.8 Å². The van der Waals surface area contributed by atoms with Crippen molar-refractivity contribution in [2.24, 2.45) is 5.41 Å². The van der Waals surface area contributed by atoms with Crippen LogP contribution in [0.15, 0.2) is 18.2 Å². The van der Waals surface area contributed by atoms with E-state index in [1.54, 1.807) is 6.07 Å². The number of hydrogen-bond donors (Lipinski definition) is 2. The van der Waals surface area contributed by atoms with Crippen LogP contribution in [0.25, 0.3) is 0 Å². The highest BCUT2D eigenvalue weighted by atomic mass is 16.6. The first-order valence-electron chi connectivity index (χ1n) is 5.63. The number of benzene rings is 1. The van der Waals surface area contributed by atoms with E-state index in [1.165, 1.54) is 0 Å². The lowest BCUT2D eigenvalue weighted by atomic mass is 9.80. The summed E-state index contributed by atoms with van der Waals surface area (Å²) in [7, 11) is 0. The molecule has 0 unspecified atom stereocenters. The lowest BCUT2D eigenvalue weighted by molar-refractivity contribution is 0.0381. The highest BCUT2D eigenvalue weighted by Gasteiger charge is 2.39. The number of hydrogen-bond acceptors (Lipinski definition) is 3. The van der Waals surface area contributed by atoms with E-state index < -0.39 is 6.09 Å². The van der Waals surface area contributed by atoms with Crippen LogP contribution in [0.4, 0.5) is 4.79 Å². The van der Waals surface area contributed by atoms with Crippen LogP contribution in [0.5, 0.6) is 5.75 Å². The Bertz CT molecular complexity index is 454. The first-order valence-corrected chi connectivity index (χ1v) is 5.63. The molecule has 1 atom stereocenters. The monoisotopic (exact) mass is 235 g/mol. The second-order valence-corrected chi connectivity index (χ2v) is 5.20. The third kappa shape index (κ3) is 2.20. The van der Waals surface area contributed by atoms with Gasteiger partial charge in [0.15, 0.2) is 0 Å². The Morgan fingerprint density at radius 2 is 2.18 bits per heavy atom. The number of rotatable bonds is 1. The first-order chi connectivity index (χ1) is 7.90. The average Bonchev–Trinajstić information content (AvgIpc) is 2.23. The van der Waals surface area contributed by atoms with Crippen molar-refractivity contribution < 1.29 is 14.6 Å². The van der Waals surface area contributed by atoms with Crippen molar-refractivity contribution in [1.82, 2.24) is 5.32 Å². The number of cyclic esters (lactones) is 1. The zero-order valence-corrected chi connectivity index (χ0v) is 10.3. The van der Waals surface area contributed by atoms with E-state index in [1.807, 2.05) is 32.9 Å². The van der Waals surface area contributed by atoms with Crippen molar-refractivity contribution >= 4 is 6.09 Å². The molecular weight excluding hydrogens is 218 g/mol. The fourth-order valence-corrected chi connectivity index (χ4v) is 2.09. The summed E-state index contributed by atoms with van der Waals surface area (Å²) in [5.41, 5.74) is 1.47. The van der Waals surface area contributed by atoms with Gasteiger partial charge in [0.1, 0.15) is 12.4 Å². The van der Waals surface area contributed by atoms with E-state index in [-0.39, 0.29) is 17.2 Å². The number of aromatic hydroxyl groups is 1. The van der Waals surface area contributed by atoms with Crippen molar-refractivity contribution in [3.63, 3.8) is 0 Å². The van der Waals surface area contributed by atoms with Crippen molar-refractivity contribution in [2.75, 3.05) is 6.61 Å². The molecule has 0 saturated carbocycles. The number of aryl methyl sites for hydroxylation is 1. The molecule has 1 aromatic rings. The topological polar surface area (TPSA) is 58.6 Å². The Morgan fingerprint density at radius 3 is 2.82 bits per heavy atom. The van der Waals surface area contributed by atoms with E-state index in [9.17, 15) is 9.90 Å². The normalized spacial score (nSPS) is 22.8. The predicted octanol–water partition coefficient (Wildman–Crippen LogP) is 2.51. The quantitative estimate of drug-likeness (QED) is 0.786. The highest BCUT2D eigenvalue weighted by Crippen LogP contribution is 2.39. The first kappa shape index (κ1) is 11.8. The SMILES string of the molecule is Cc1ccc([C@H]2NC(=O)OCC2(C)C)c(O)c1. The van der Waals surface area contributed by atoms with Gasteiger partial charge in [-0.05, 0) is 18.6 Å². The molecule has 1 aromatic carbocycles. The highest BCUT2D eigenvalue weighted by molar-refractivity contribution is 5.69. The van der Waals surface area contributed by atoms with Crippen LogP contribution >= 0.6 is 0 Å². The smallest absolute Gasteiger partial charge is 0.407 e. The second-order valence-electron chi connectivity index (χ2n) is 5.20. The molecule has 0 bridgehead atoms. The van der Waals surface area contributed by atoms with Gasteiger partial charge in [0.2, 0.25) is 0 Å². The molecule has 0 spiro atoms. The van der Waals surface area contributed by atoms with Gasteiger partial charge in [-0.25, -0.2) is 4.79 Å². The van der Waals surface area contributed by atoms with Gasteiger partial charge in [0.25, 0.3) is 0 Å². The van der Waals surface area contributed by atoms with Gasteiger partial charge in [0, 0.05) is 11.0 Å². The van der Waals surface area contributed by atoms with Crippen LogP contribution in [0.2, 0.25) is 0 Å². The minimum atomic E-state index is -0.436. The fourth-order valence-electron chi connectivity index (χ4n) is 2.09. The van der Waals surface area contributed by atoms with Gasteiger partial charge in [-0.1, -0.05) is 26.0 Å². The van der Waals surface area contributed by atoms with Gasteiger partial charge in [-0.3, -0.25) is 0 Å². The van der Waals surface area contributed by atoms with Gasteiger partial charge >= 0.3 is 6.09 Å². The minimum absolute atomic E-state index is 0.213. The number of nitrogens with one attached hydrogen (secondary N) is 1. The van der Waals surface area contributed by atoms with Gasteiger partial charge in [0.05, 0.1) is 6.04 Å². The molecule has 0 aromatic heterocycles. The second kappa shape index (κ2) is 3.95. The van der Waals surface area contributed by atoms with Crippen LogP contribution in [-0.4, -0.2) is 17.8 Å². The van der Waals surface area contributed by atoms with Crippen LogP contribution in [0, 0.1) is 12.3 Å². The van der Waals surface area contributed by atoms with Gasteiger partial charge in [-0.15, -0.1) is 0 Å². The maximum Gasteiger partial charge on any atom is 0.407 e. The van der Waals surface area contributed by atoms with Crippen LogP contribution in [-0.2, 0) is 4.74 Å². The molecule has 2 N–H and O–H groups in total. The summed E-state index contributed by atoms with van der Waals surface area (Å²) in [4.78, 5) is 11.3. The van der Waals surface area contributed by atoms with Gasteiger partial charge < -0.3 is 15.2 Å². The lowest BCUT2D eigenvalue weighted by Gasteiger charge is -2.38. The third-order valence-corrected chi connectivity index (χ3v) is 3.12. The summed E-state index contributed by atoms with van der Waals surface area (Å²) in [6.07, 6.45) is -0.436. The molecule has 1 aliphatic heterocycles. The van der Waals surface area contributed by atoms with Crippen LogP contribution in [0.3, 0.4) is 0 Å². The molecule has 4 heteroatoms. The van der Waals surface area contributed by atoms with E-state index in [4.69, 9.17) is 4.74 Å². The maximum atomic E-state index is 11.3. The van der Waals surface area contributed by atoms with Crippen molar-refractivity contribution in [1.29, 1.82) is 0 Å². The Balaban J connectivity index is 2.39. The number of alkyl carbamates (subject to hydrolysis) is 1. The standard InChI is InChI=1S/C13H17NO3/c1-8-4-5-9(10(15)6-8)11-13(2,3)7-17-12(16)14-11/h4-6,11,15H,7H2,1-3H3,(H,14,16)/t11-/m1/s1. The summed E-state index contributed by atoms with van der Waals surface area (Å²) in [5.74, 6) is 0.213. The Hall–Kier alpha value is -1.71. The van der Waals surface area contributed by atoms with E-state index >= 15 is 0 Å². The third-order valence-electron chi connectivity index (χ3n) is 3.12. The number of carbonyl (C=O) groups is 1. The molecule has 1 heterocycles. The average molecular weight is 235 g/mol. The molecular formula is C13H17NO3. The predicted molar refractivity (Wildman–Crippen MR) is 63.8 cm³/mol. The zero-order valence-electron chi connectivity index (χ0n) is 10.3. The number of amides is 1. The molecule has 1 aliphatic rings. The Labute approximate surface area is 101 Å². The molecule has 1 saturated heterocycles. The number of ether oxygens (including phenoxy) is 1. The largest absolute Gasteiger partial charge is 0.508 e. The van der Waals surface area contributed by atoms with Crippen LogP contribution in [0.1, 0.15) is 31.0 Å². The molecule has 0 radical (unpaired) electrons.